The summed E-state index contributed by atoms with van der Waals surface area (Å²) in [6, 6.07) is 9.24. The Balaban J connectivity index is 1.96. The molecule has 1 aromatic rings. The molecular formula is C11H15BrN2. The van der Waals surface area contributed by atoms with E-state index in [1.807, 2.05) is 0 Å². The van der Waals surface area contributed by atoms with E-state index >= 15 is 0 Å². The molecule has 0 aliphatic carbocycles. The Morgan fingerprint density at radius 2 is 1.79 bits per heavy atom. The van der Waals surface area contributed by atoms with Gasteiger partial charge in [-0.15, -0.1) is 0 Å². The van der Waals surface area contributed by atoms with Gasteiger partial charge in [-0.1, -0.05) is 15.9 Å². The minimum absolute atomic E-state index is 0.721. The largest absolute Gasteiger partial charge is 0.368 e. The Kier molecular flexibility index (Phi) is 2.79. The second-order valence-electron chi connectivity index (χ2n) is 4.00. The maximum absolute atomic E-state index is 3.44. The molecule has 0 bridgehead atoms. The molecule has 3 heteroatoms. The molecule has 0 spiro atoms. The predicted octanol–water partition coefficient (Wildman–Crippen LogP) is 2.20. The van der Waals surface area contributed by atoms with Crippen LogP contribution in [0.3, 0.4) is 0 Å². The van der Waals surface area contributed by atoms with Gasteiger partial charge in [0, 0.05) is 29.3 Å². The lowest BCUT2D eigenvalue weighted by atomic mass is 10.1. The van der Waals surface area contributed by atoms with E-state index in [0.717, 1.165) is 23.6 Å². The van der Waals surface area contributed by atoms with E-state index < -0.39 is 0 Å². The maximum atomic E-state index is 3.44. The van der Waals surface area contributed by atoms with Gasteiger partial charge in [0.1, 0.15) is 0 Å². The van der Waals surface area contributed by atoms with Crippen LogP contribution in [0.15, 0.2) is 28.7 Å². The van der Waals surface area contributed by atoms with Crippen LogP contribution in [0.5, 0.6) is 0 Å². The van der Waals surface area contributed by atoms with Gasteiger partial charge in [-0.3, -0.25) is 0 Å². The molecule has 2 rings (SSSR count). The molecule has 0 N–H and O–H groups in total. The van der Waals surface area contributed by atoms with Gasteiger partial charge in [-0.2, -0.15) is 0 Å². The average Bonchev–Trinajstić information content (AvgIpc) is 2.05. The molecule has 2 nitrogen and oxygen atoms in total. The number of rotatable bonds is 2. The molecule has 1 heterocycles. The van der Waals surface area contributed by atoms with E-state index in [9.17, 15) is 0 Å². The number of halogens is 1. The summed E-state index contributed by atoms with van der Waals surface area (Å²) in [6.07, 6.45) is 0. The molecule has 0 unspecified atom stereocenters. The lowest BCUT2D eigenvalue weighted by molar-refractivity contribution is 0.247. The highest BCUT2D eigenvalue weighted by Crippen LogP contribution is 2.24. The quantitative estimate of drug-likeness (QED) is 0.799. The lowest BCUT2D eigenvalue weighted by Gasteiger charge is -2.44. The molecule has 0 aromatic heterocycles. The van der Waals surface area contributed by atoms with Crippen molar-refractivity contribution in [1.29, 1.82) is 0 Å². The minimum atomic E-state index is 0.721. The number of anilines is 1. The predicted molar refractivity (Wildman–Crippen MR) is 63.8 cm³/mol. The van der Waals surface area contributed by atoms with Crippen LogP contribution in [0, 0.1) is 0 Å². The van der Waals surface area contributed by atoms with E-state index in [1.165, 1.54) is 5.69 Å². The van der Waals surface area contributed by atoms with E-state index in [2.05, 4.69) is 64.1 Å². The molecule has 1 aliphatic rings. The van der Waals surface area contributed by atoms with Crippen molar-refractivity contribution in [2.45, 2.75) is 6.04 Å². The summed E-state index contributed by atoms with van der Waals surface area (Å²) >= 11 is 3.44. The molecule has 0 amide bonds. The van der Waals surface area contributed by atoms with E-state index in [-0.39, 0.29) is 0 Å². The van der Waals surface area contributed by atoms with Crippen LogP contribution in [0.2, 0.25) is 0 Å². The summed E-state index contributed by atoms with van der Waals surface area (Å²) < 4.78 is 1.14. The smallest absolute Gasteiger partial charge is 0.0440 e. The van der Waals surface area contributed by atoms with Gasteiger partial charge in [-0.05, 0) is 38.4 Å². The SMILES string of the molecule is CN(C)C1CN(c2ccc(Br)cc2)C1. The van der Waals surface area contributed by atoms with Crippen LogP contribution in [0.1, 0.15) is 0 Å². The van der Waals surface area contributed by atoms with Crippen LogP contribution in [0.4, 0.5) is 5.69 Å². The third-order valence-electron chi connectivity index (χ3n) is 2.78. The van der Waals surface area contributed by atoms with Crippen LogP contribution in [0.25, 0.3) is 0 Å². The fourth-order valence-electron chi connectivity index (χ4n) is 1.64. The van der Waals surface area contributed by atoms with Gasteiger partial charge in [0.25, 0.3) is 0 Å². The Morgan fingerprint density at radius 1 is 1.21 bits per heavy atom. The molecule has 0 atom stereocenters. The van der Waals surface area contributed by atoms with Gasteiger partial charge in [0.15, 0.2) is 0 Å². The molecule has 1 fully saturated rings. The summed E-state index contributed by atoms with van der Waals surface area (Å²) in [4.78, 5) is 4.69. The lowest BCUT2D eigenvalue weighted by Crippen LogP contribution is -2.57. The first-order chi connectivity index (χ1) is 6.66. The van der Waals surface area contributed by atoms with E-state index in [0.29, 0.717) is 0 Å². The first-order valence-electron chi connectivity index (χ1n) is 4.84. The summed E-state index contributed by atoms with van der Waals surface area (Å²) in [5, 5.41) is 0. The normalized spacial score (nSPS) is 17.3. The molecular weight excluding hydrogens is 240 g/mol. The van der Waals surface area contributed by atoms with Crippen molar-refractivity contribution >= 4 is 21.6 Å². The number of likely N-dealkylation sites (N-methyl/N-ethyl adjacent to an activating group) is 1. The van der Waals surface area contributed by atoms with Gasteiger partial charge in [0.05, 0.1) is 0 Å². The van der Waals surface area contributed by atoms with Crippen molar-refractivity contribution in [2.75, 3.05) is 32.1 Å². The zero-order chi connectivity index (χ0) is 10.1. The second kappa shape index (κ2) is 3.91. The molecule has 14 heavy (non-hydrogen) atoms. The Labute approximate surface area is 93.6 Å². The Hall–Kier alpha value is -0.540. The highest BCUT2D eigenvalue weighted by Gasteiger charge is 2.27. The number of nitrogens with zero attached hydrogens (tertiary/aromatic N) is 2. The molecule has 1 saturated heterocycles. The molecule has 1 aromatic carbocycles. The molecule has 0 radical (unpaired) electrons. The first kappa shape index (κ1) is 9.99. The molecule has 1 aliphatic heterocycles. The van der Waals surface area contributed by atoms with Crippen LogP contribution >= 0.6 is 15.9 Å². The fraction of sp³-hybridized carbons (Fsp3) is 0.455. The summed E-state index contributed by atoms with van der Waals surface area (Å²) in [5.41, 5.74) is 1.33. The highest BCUT2D eigenvalue weighted by atomic mass is 79.9. The number of hydrogen-bond acceptors (Lipinski definition) is 2. The zero-order valence-electron chi connectivity index (χ0n) is 8.57. The van der Waals surface area contributed by atoms with Crippen LogP contribution in [-0.2, 0) is 0 Å². The summed E-state index contributed by atoms with van der Waals surface area (Å²) in [7, 11) is 4.28. The van der Waals surface area contributed by atoms with Crippen molar-refractivity contribution in [3.05, 3.63) is 28.7 Å². The van der Waals surface area contributed by atoms with Crippen LogP contribution in [-0.4, -0.2) is 38.1 Å². The minimum Gasteiger partial charge on any atom is -0.368 e. The molecule has 76 valence electrons. The third kappa shape index (κ3) is 1.93. The van der Waals surface area contributed by atoms with Gasteiger partial charge in [-0.25, -0.2) is 0 Å². The average molecular weight is 255 g/mol. The van der Waals surface area contributed by atoms with E-state index in [4.69, 9.17) is 0 Å². The second-order valence-corrected chi connectivity index (χ2v) is 4.91. The van der Waals surface area contributed by atoms with Gasteiger partial charge < -0.3 is 9.80 Å². The van der Waals surface area contributed by atoms with Gasteiger partial charge >= 0.3 is 0 Å². The number of hydrogen-bond donors (Lipinski definition) is 0. The standard InChI is InChI=1S/C11H15BrN2/c1-13(2)11-7-14(8-11)10-5-3-9(12)4-6-10/h3-6,11H,7-8H2,1-2H3. The Morgan fingerprint density at radius 3 is 2.29 bits per heavy atom. The Bertz CT molecular complexity index is 302. The van der Waals surface area contributed by atoms with E-state index in [1.54, 1.807) is 0 Å². The highest BCUT2D eigenvalue weighted by molar-refractivity contribution is 9.10. The third-order valence-corrected chi connectivity index (χ3v) is 3.31. The monoisotopic (exact) mass is 254 g/mol. The fourth-order valence-corrected chi connectivity index (χ4v) is 1.91. The summed E-state index contributed by atoms with van der Waals surface area (Å²) in [6.45, 7) is 2.29. The number of benzene rings is 1. The maximum Gasteiger partial charge on any atom is 0.0440 e. The zero-order valence-corrected chi connectivity index (χ0v) is 10.2. The van der Waals surface area contributed by atoms with Crippen molar-refractivity contribution in [3.63, 3.8) is 0 Å². The first-order valence-corrected chi connectivity index (χ1v) is 5.63. The molecule has 0 saturated carbocycles. The van der Waals surface area contributed by atoms with Crippen LogP contribution < -0.4 is 4.90 Å². The topological polar surface area (TPSA) is 6.48 Å². The van der Waals surface area contributed by atoms with Crippen molar-refractivity contribution < 1.29 is 0 Å². The van der Waals surface area contributed by atoms with Crippen molar-refractivity contribution in [2.24, 2.45) is 0 Å². The van der Waals surface area contributed by atoms with Crippen molar-refractivity contribution in [1.82, 2.24) is 4.90 Å². The van der Waals surface area contributed by atoms with Gasteiger partial charge in [0.2, 0.25) is 0 Å². The summed E-state index contributed by atoms with van der Waals surface area (Å²) in [5.74, 6) is 0. The van der Waals surface area contributed by atoms with Crippen molar-refractivity contribution in [3.8, 4) is 0 Å².